The van der Waals surface area contributed by atoms with Crippen LogP contribution in [0.1, 0.15) is 30.5 Å². The Balaban J connectivity index is 1.19. The van der Waals surface area contributed by atoms with Gasteiger partial charge in [0.2, 0.25) is 5.91 Å². The Morgan fingerprint density at radius 3 is 2.76 bits per heavy atom. The molecule has 3 saturated heterocycles. The summed E-state index contributed by atoms with van der Waals surface area (Å²) in [5.41, 5.74) is 3.14. The number of anilines is 2. The van der Waals surface area contributed by atoms with Gasteiger partial charge in [-0.25, -0.2) is 0 Å². The van der Waals surface area contributed by atoms with Gasteiger partial charge in [-0.15, -0.1) is 6.58 Å². The van der Waals surface area contributed by atoms with Gasteiger partial charge in [-0.2, -0.15) is 15.2 Å². The van der Waals surface area contributed by atoms with Crippen molar-refractivity contribution in [3.8, 4) is 12.1 Å². The first kappa shape index (κ1) is 29.8. The number of likely N-dealkylation sites (tertiary alicyclic amines) is 1. The van der Waals surface area contributed by atoms with Gasteiger partial charge in [-0.1, -0.05) is 41.9 Å². The molecule has 0 spiro atoms. The largest absolute Gasteiger partial charge is 0.462 e. The first-order valence-corrected chi connectivity index (χ1v) is 16.3. The number of carbonyl (C=O) groups is 1. The number of nitriles is 1. The normalized spacial score (nSPS) is 24.8. The van der Waals surface area contributed by atoms with Crippen molar-refractivity contribution in [3.05, 3.63) is 65.3 Å². The monoisotopic (exact) mass is 626 g/mol. The maximum atomic E-state index is 13.3. The maximum Gasteiger partial charge on any atom is 0.318 e. The molecule has 0 unspecified atom stereocenters. The number of hydrogen-bond donors (Lipinski definition) is 1. The predicted molar refractivity (Wildman–Crippen MR) is 176 cm³/mol. The number of fused-ring (bicyclic) bond motifs is 2. The number of nitrogens with one attached hydrogen (secondary N) is 1. The molecule has 234 valence electrons. The SMILES string of the molecule is C=C[C@@H]1N[C@@H]1C(=O)N1CCN(c2nc(OC[C@@H]3CCCN3C)nc3c2CCN(c2cccc4cccc(Cl)c24)C3)C[C@@H]1CC#N. The molecular weight excluding hydrogens is 588 g/mol. The topological polar surface area (TPSA) is 111 Å². The van der Waals surface area contributed by atoms with Crippen LogP contribution in [-0.2, 0) is 17.8 Å². The van der Waals surface area contributed by atoms with Gasteiger partial charge in [0, 0.05) is 48.9 Å². The zero-order valence-electron chi connectivity index (χ0n) is 25.7. The van der Waals surface area contributed by atoms with E-state index >= 15 is 0 Å². The molecule has 1 aromatic heterocycles. The molecule has 10 nitrogen and oxygen atoms in total. The lowest BCUT2D eigenvalue weighted by Crippen LogP contribution is -2.57. The highest BCUT2D eigenvalue weighted by atomic mass is 35.5. The summed E-state index contributed by atoms with van der Waals surface area (Å²) in [4.78, 5) is 32.1. The van der Waals surface area contributed by atoms with Gasteiger partial charge in [0.15, 0.2) is 0 Å². The lowest BCUT2D eigenvalue weighted by Gasteiger charge is -2.42. The van der Waals surface area contributed by atoms with Gasteiger partial charge in [0.05, 0.1) is 41.8 Å². The molecule has 0 aliphatic carbocycles. The van der Waals surface area contributed by atoms with Crippen molar-refractivity contribution in [3.63, 3.8) is 0 Å². The molecule has 4 atom stereocenters. The number of rotatable bonds is 8. The van der Waals surface area contributed by atoms with Crippen LogP contribution in [0.4, 0.5) is 11.5 Å². The Labute approximate surface area is 269 Å². The summed E-state index contributed by atoms with van der Waals surface area (Å²) < 4.78 is 6.32. The number of carbonyl (C=O) groups excluding carboxylic acids is 1. The highest BCUT2D eigenvalue weighted by Gasteiger charge is 2.45. The van der Waals surface area contributed by atoms with Crippen LogP contribution in [0.2, 0.25) is 5.02 Å². The highest BCUT2D eigenvalue weighted by molar-refractivity contribution is 6.36. The fourth-order valence-corrected chi connectivity index (χ4v) is 7.48. The molecule has 1 N–H and O–H groups in total. The number of amides is 1. The Kier molecular flexibility index (Phi) is 8.25. The molecule has 5 heterocycles. The number of hydrogen-bond acceptors (Lipinski definition) is 9. The molecular formula is C34H39ClN8O2. The van der Waals surface area contributed by atoms with Crippen molar-refractivity contribution < 1.29 is 9.53 Å². The van der Waals surface area contributed by atoms with E-state index in [9.17, 15) is 10.1 Å². The third kappa shape index (κ3) is 5.81. The van der Waals surface area contributed by atoms with Crippen LogP contribution in [0.15, 0.2) is 49.1 Å². The van der Waals surface area contributed by atoms with Crippen LogP contribution in [0.3, 0.4) is 0 Å². The van der Waals surface area contributed by atoms with E-state index in [2.05, 4.69) is 64.0 Å². The second kappa shape index (κ2) is 12.5. The fraction of sp³-hybridized carbons (Fsp3) is 0.471. The Hall–Kier alpha value is -3.91. The molecule has 0 saturated carbocycles. The number of ether oxygens (including phenoxy) is 1. The standard InChI is InChI=1S/C34H39ClN8O2/c1-3-27-31(37-27)33(44)43-18-17-42(19-23(43)12-14-36)32-25-13-16-41(29-11-5-8-22-7-4-10-26(35)30(22)29)20-28(25)38-34(39-32)45-21-24-9-6-15-40(24)2/h3-5,7-8,10-11,23-24,27,31,37H,1,6,9,12-13,15-21H2,2H3/t23-,24-,27-,31-/m0/s1. The molecule has 3 fully saturated rings. The fourth-order valence-electron chi connectivity index (χ4n) is 7.20. The summed E-state index contributed by atoms with van der Waals surface area (Å²) in [5, 5.41) is 15.8. The van der Waals surface area contributed by atoms with Crippen molar-refractivity contribution in [2.75, 3.05) is 56.2 Å². The van der Waals surface area contributed by atoms with E-state index in [1.165, 1.54) is 0 Å². The van der Waals surface area contributed by atoms with Gasteiger partial charge in [-0.3, -0.25) is 10.1 Å². The molecule has 7 rings (SSSR count). The lowest BCUT2D eigenvalue weighted by atomic mass is 10.0. The number of piperazine rings is 1. The summed E-state index contributed by atoms with van der Waals surface area (Å²) >= 11 is 6.72. The lowest BCUT2D eigenvalue weighted by molar-refractivity contribution is -0.133. The van der Waals surface area contributed by atoms with Crippen molar-refractivity contribution in [1.29, 1.82) is 5.26 Å². The predicted octanol–water partition coefficient (Wildman–Crippen LogP) is 3.78. The minimum Gasteiger partial charge on any atom is -0.462 e. The van der Waals surface area contributed by atoms with Crippen molar-refractivity contribution in [2.45, 2.75) is 56.4 Å². The molecule has 0 radical (unpaired) electrons. The summed E-state index contributed by atoms with van der Waals surface area (Å²) in [5.74, 6) is 0.896. The van der Waals surface area contributed by atoms with E-state index in [1.54, 1.807) is 6.08 Å². The number of halogens is 1. The third-order valence-corrected chi connectivity index (χ3v) is 10.1. The zero-order valence-corrected chi connectivity index (χ0v) is 26.4. The van der Waals surface area contributed by atoms with Crippen molar-refractivity contribution >= 4 is 39.8 Å². The molecule has 4 aliphatic rings. The van der Waals surface area contributed by atoms with E-state index in [-0.39, 0.29) is 30.5 Å². The average Bonchev–Trinajstić information content (AvgIpc) is 3.74. The molecule has 2 aromatic carbocycles. The van der Waals surface area contributed by atoms with Gasteiger partial charge < -0.3 is 24.3 Å². The van der Waals surface area contributed by atoms with Crippen LogP contribution in [0.5, 0.6) is 6.01 Å². The quantitative estimate of drug-likeness (QED) is 0.295. The van der Waals surface area contributed by atoms with Crippen LogP contribution < -0.4 is 19.9 Å². The van der Waals surface area contributed by atoms with E-state index < -0.39 is 0 Å². The summed E-state index contributed by atoms with van der Waals surface area (Å²) in [7, 11) is 2.14. The third-order valence-electron chi connectivity index (χ3n) is 9.81. The second-order valence-electron chi connectivity index (χ2n) is 12.5. The van der Waals surface area contributed by atoms with Crippen LogP contribution in [0, 0.1) is 11.3 Å². The number of aromatic nitrogens is 2. The highest BCUT2D eigenvalue weighted by Crippen LogP contribution is 2.37. The van der Waals surface area contributed by atoms with Crippen molar-refractivity contribution in [1.82, 2.24) is 25.1 Å². The van der Waals surface area contributed by atoms with Crippen molar-refractivity contribution in [2.24, 2.45) is 0 Å². The van der Waals surface area contributed by atoms with E-state index in [4.69, 9.17) is 26.3 Å². The summed E-state index contributed by atoms with van der Waals surface area (Å²) in [6.45, 7) is 8.48. The number of nitrogens with zero attached hydrogens (tertiary/aromatic N) is 7. The summed E-state index contributed by atoms with van der Waals surface area (Å²) in [6.07, 6.45) is 5.04. The smallest absolute Gasteiger partial charge is 0.318 e. The molecule has 0 bridgehead atoms. The molecule has 4 aliphatic heterocycles. The van der Waals surface area contributed by atoms with Gasteiger partial charge in [0.1, 0.15) is 18.5 Å². The van der Waals surface area contributed by atoms with Crippen LogP contribution >= 0.6 is 11.6 Å². The zero-order chi connectivity index (χ0) is 31.1. The van der Waals surface area contributed by atoms with Gasteiger partial charge >= 0.3 is 6.01 Å². The van der Waals surface area contributed by atoms with E-state index in [0.717, 1.165) is 70.9 Å². The van der Waals surface area contributed by atoms with Gasteiger partial charge in [-0.05, 0) is 50.4 Å². The van der Waals surface area contributed by atoms with Crippen LogP contribution in [0.25, 0.3) is 10.8 Å². The average molecular weight is 627 g/mol. The van der Waals surface area contributed by atoms with Gasteiger partial charge in [0.25, 0.3) is 0 Å². The Bertz CT molecular complexity index is 1650. The molecule has 1 amide bonds. The minimum atomic E-state index is -0.246. The second-order valence-corrected chi connectivity index (χ2v) is 12.9. The Morgan fingerprint density at radius 1 is 1.16 bits per heavy atom. The summed E-state index contributed by atoms with van der Waals surface area (Å²) in [6, 6.07) is 14.9. The molecule has 11 heteroatoms. The first-order chi connectivity index (χ1) is 21.9. The maximum absolute atomic E-state index is 13.3. The van der Waals surface area contributed by atoms with E-state index in [0.29, 0.717) is 44.8 Å². The first-order valence-electron chi connectivity index (χ1n) is 15.9. The van der Waals surface area contributed by atoms with Crippen LogP contribution in [-0.4, -0.2) is 96.2 Å². The molecule has 3 aromatic rings. The number of likely N-dealkylation sites (N-methyl/N-ethyl adjacent to an activating group) is 1. The molecule has 45 heavy (non-hydrogen) atoms. The van der Waals surface area contributed by atoms with E-state index in [1.807, 2.05) is 17.0 Å². The number of benzene rings is 2. The minimum absolute atomic E-state index is 0.00494. The Morgan fingerprint density at radius 2 is 2.00 bits per heavy atom.